The highest BCUT2D eigenvalue weighted by Crippen LogP contribution is 2.46. The molecular formula is C10H13N2O3P. The Bertz CT molecular complexity index is 415. The van der Waals surface area contributed by atoms with Crippen LogP contribution in [0.25, 0.3) is 0 Å². The summed E-state index contributed by atoms with van der Waals surface area (Å²) >= 11 is 0. The van der Waals surface area contributed by atoms with Crippen molar-refractivity contribution in [1.29, 1.82) is 0 Å². The van der Waals surface area contributed by atoms with E-state index in [9.17, 15) is 4.57 Å². The van der Waals surface area contributed by atoms with Gasteiger partial charge in [0.15, 0.2) is 0 Å². The van der Waals surface area contributed by atoms with Crippen molar-refractivity contribution < 1.29 is 13.6 Å². The highest BCUT2D eigenvalue weighted by atomic mass is 31.2. The molecule has 0 aliphatic carbocycles. The normalized spacial score (nSPS) is 10.6. The lowest BCUT2D eigenvalue weighted by molar-refractivity contribution is 0.230. The van der Waals surface area contributed by atoms with E-state index in [1.165, 1.54) is 18.7 Å². The van der Waals surface area contributed by atoms with Crippen LogP contribution >= 0.6 is 7.60 Å². The van der Waals surface area contributed by atoms with E-state index in [0.717, 1.165) is 0 Å². The van der Waals surface area contributed by atoms with Gasteiger partial charge in [0.05, 0.1) is 18.8 Å². The molecule has 1 aromatic rings. The second-order valence-corrected chi connectivity index (χ2v) is 4.43. The Balaban J connectivity index is 2.84. The maximum Gasteiger partial charge on any atom is 0.405 e. The van der Waals surface area contributed by atoms with Gasteiger partial charge in [-0.25, -0.2) is 14.5 Å². The van der Waals surface area contributed by atoms with E-state index >= 15 is 0 Å². The molecular weight excluding hydrogens is 227 g/mol. The van der Waals surface area contributed by atoms with Gasteiger partial charge in [-0.3, -0.25) is 9.05 Å². The van der Waals surface area contributed by atoms with Gasteiger partial charge in [-0.15, -0.1) is 0 Å². The number of rotatable bonds is 4. The topological polar surface area (TPSA) is 61.3 Å². The van der Waals surface area contributed by atoms with Crippen LogP contribution in [0.1, 0.15) is 19.4 Å². The Morgan fingerprint density at radius 2 is 1.81 bits per heavy atom. The first-order valence-corrected chi connectivity index (χ1v) is 6.42. The highest BCUT2D eigenvalue weighted by Gasteiger charge is 2.19. The van der Waals surface area contributed by atoms with Crippen LogP contribution in [-0.4, -0.2) is 23.2 Å². The molecule has 5 nitrogen and oxygen atoms in total. The second kappa shape index (κ2) is 6.39. The lowest BCUT2D eigenvalue weighted by Crippen LogP contribution is -1.93. The molecule has 0 aliphatic rings. The third-order valence-electron chi connectivity index (χ3n) is 1.50. The molecule has 0 spiro atoms. The van der Waals surface area contributed by atoms with Crippen molar-refractivity contribution in [1.82, 2.24) is 9.97 Å². The highest BCUT2D eigenvalue weighted by molar-refractivity contribution is 7.59. The first-order valence-electron chi connectivity index (χ1n) is 4.87. The molecule has 0 unspecified atom stereocenters. The molecule has 0 fully saturated rings. The average Bonchev–Trinajstić information content (AvgIpc) is 2.29. The third-order valence-corrected chi connectivity index (χ3v) is 3.08. The zero-order valence-electron chi connectivity index (χ0n) is 9.21. The van der Waals surface area contributed by atoms with Gasteiger partial charge in [-0.1, -0.05) is 5.92 Å². The van der Waals surface area contributed by atoms with E-state index in [1.807, 2.05) is 0 Å². The van der Waals surface area contributed by atoms with Crippen LogP contribution < -0.4 is 0 Å². The molecule has 1 rings (SSSR count). The van der Waals surface area contributed by atoms with Gasteiger partial charge >= 0.3 is 7.60 Å². The van der Waals surface area contributed by atoms with Crippen molar-refractivity contribution in [2.75, 3.05) is 13.2 Å². The molecule has 6 heteroatoms. The summed E-state index contributed by atoms with van der Waals surface area (Å²) in [5, 5.41) is 0. The van der Waals surface area contributed by atoms with E-state index in [2.05, 4.69) is 21.5 Å². The van der Waals surface area contributed by atoms with E-state index in [1.54, 1.807) is 13.8 Å². The average molecular weight is 240 g/mol. The fourth-order valence-electron chi connectivity index (χ4n) is 0.938. The van der Waals surface area contributed by atoms with E-state index in [4.69, 9.17) is 9.05 Å². The van der Waals surface area contributed by atoms with Gasteiger partial charge in [-0.05, 0) is 13.8 Å². The summed E-state index contributed by atoms with van der Waals surface area (Å²) in [6.07, 6.45) is 4.46. The number of hydrogen-bond acceptors (Lipinski definition) is 5. The minimum Gasteiger partial charge on any atom is -0.300 e. The molecule has 0 radical (unpaired) electrons. The van der Waals surface area contributed by atoms with Crippen LogP contribution in [-0.2, 0) is 13.6 Å². The lowest BCUT2D eigenvalue weighted by Gasteiger charge is -2.09. The molecule has 86 valence electrons. The molecule has 1 heterocycles. The largest absolute Gasteiger partial charge is 0.405 e. The quantitative estimate of drug-likeness (QED) is 0.595. The standard InChI is InChI=1S/C10H13N2O3P/c1-3-14-16(13,15-4-2)6-5-10-7-11-9-12-8-10/h7-9H,3-4H2,1-2H3. The molecule has 0 atom stereocenters. The summed E-state index contributed by atoms with van der Waals surface area (Å²) < 4.78 is 21.9. The zero-order valence-corrected chi connectivity index (χ0v) is 10.1. The van der Waals surface area contributed by atoms with Gasteiger partial charge in [0.25, 0.3) is 0 Å². The fourth-order valence-corrected chi connectivity index (χ4v) is 2.09. The zero-order chi connectivity index (χ0) is 11.9. The van der Waals surface area contributed by atoms with Crippen molar-refractivity contribution in [2.45, 2.75) is 13.8 Å². The first kappa shape index (κ1) is 12.9. The Labute approximate surface area is 94.7 Å². The summed E-state index contributed by atoms with van der Waals surface area (Å²) in [7, 11) is -3.30. The molecule has 0 bridgehead atoms. The number of hydrogen-bond donors (Lipinski definition) is 0. The van der Waals surface area contributed by atoms with Crippen molar-refractivity contribution in [2.24, 2.45) is 0 Å². The van der Waals surface area contributed by atoms with E-state index in [-0.39, 0.29) is 13.2 Å². The van der Waals surface area contributed by atoms with Crippen LogP contribution in [0, 0.1) is 11.6 Å². The van der Waals surface area contributed by atoms with Gasteiger partial charge in [0.1, 0.15) is 6.33 Å². The van der Waals surface area contributed by atoms with Crippen LogP contribution in [0.3, 0.4) is 0 Å². The van der Waals surface area contributed by atoms with Crippen LogP contribution in [0.4, 0.5) is 0 Å². The van der Waals surface area contributed by atoms with E-state index < -0.39 is 7.60 Å². The number of aromatic nitrogens is 2. The Hall–Kier alpha value is -1.21. The smallest absolute Gasteiger partial charge is 0.300 e. The minimum absolute atomic E-state index is 0.289. The Kier molecular flexibility index (Phi) is 5.13. The van der Waals surface area contributed by atoms with Crippen molar-refractivity contribution in [3.63, 3.8) is 0 Å². The predicted octanol–water partition coefficient (Wildman–Crippen LogP) is 2.05. The van der Waals surface area contributed by atoms with Gasteiger partial charge in [0.2, 0.25) is 0 Å². The molecule has 0 N–H and O–H groups in total. The maximum atomic E-state index is 11.9. The molecule has 16 heavy (non-hydrogen) atoms. The van der Waals surface area contributed by atoms with Crippen molar-refractivity contribution in [3.8, 4) is 11.6 Å². The SMILES string of the molecule is CCOP(=O)(C#Cc1cncnc1)OCC. The summed E-state index contributed by atoms with van der Waals surface area (Å²) in [5.41, 5.74) is 3.07. The molecule has 0 aliphatic heterocycles. The molecule has 1 aromatic heterocycles. The lowest BCUT2D eigenvalue weighted by atomic mass is 10.4. The Morgan fingerprint density at radius 3 is 2.31 bits per heavy atom. The first-order chi connectivity index (χ1) is 7.70. The fraction of sp³-hybridized carbons (Fsp3) is 0.400. The molecule has 0 aromatic carbocycles. The summed E-state index contributed by atoms with van der Waals surface area (Å²) in [6.45, 7) is 4.05. The maximum absolute atomic E-state index is 11.9. The summed E-state index contributed by atoms with van der Waals surface area (Å²) in [6, 6.07) is 0. The van der Waals surface area contributed by atoms with Gasteiger partial charge in [-0.2, -0.15) is 0 Å². The number of nitrogens with zero attached hydrogens (tertiary/aromatic N) is 2. The molecule has 0 amide bonds. The van der Waals surface area contributed by atoms with Crippen LogP contribution in [0.15, 0.2) is 18.7 Å². The monoisotopic (exact) mass is 240 g/mol. The van der Waals surface area contributed by atoms with Gasteiger partial charge in [0, 0.05) is 18.1 Å². The van der Waals surface area contributed by atoms with Crippen molar-refractivity contribution >= 4 is 7.60 Å². The van der Waals surface area contributed by atoms with Crippen LogP contribution in [0.5, 0.6) is 0 Å². The summed E-state index contributed by atoms with van der Waals surface area (Å²) in [4.78, 5) is 7.58. The predicted molar refractivity (Wildman–Crippen MR) is 59.8 cm³/mol. The third kappa shape index (κ3) is 4.11. The Morgan fingerprint density at radius 1 is 1.25 bits per heavy atom. The van der Waals surface area contributed by atoms with Crippen LogP contribution in [0.2, 0.25) is 0 Å². The molecule has 0 saturated heterocycles. The second-order valence-electron chi connectivity index (χ2n) is 2.70. The van der Waals surface area contributed by atoms with Crippen molar-refractivity contribution in [3.05, 3.63) is 24.3 Å². The summed E-state index contributed by atoms with van der Waals surface area (Å²) in [5.74, 6) is 2.67. The van der Waals surface area contributed by atoms with E-state index in [0.29, 0.717) is 5.56 Å². The minimum atomic E-state index is -3.30. The van der Waals surface area contributed by atoms with Gasteiger partial charge < -0.3 is 0 Å². The molecule has 0 saturated carbocycles.